The van der Waals surface area contributed by atoms with Crippen LogP contribution in [0.5, 0.6) is 0 Å². The molecule has 1 fully saturated rings. The van der Waals surface area contributed by atoms with Crippen LogP contribution in [0.3, 0.4) is 0 Å². The lowest BCUT2D eigenvalue weighted by Crippen LogP contribution is -2.25. The van der Waals surface area contributed by atoms with Crippen LogP contribution >= 0.6 is 50.9 Å². The number of benzene rings is 2. The second-order valence-electron chi connectivity index (χ2n) is 4.97. The highest BCUT2D eigenvalue weighted by atomic mass is 79.9. The summed E-state index contributed by atoms with van der Waals surface area (Å²) in [5, 5.41) is 4.32. The van der Waals surface area contributed by atoms with E-state index >= 15 is 0 Å². The molecule has 0 aliphatic carbocycles. The van der Waals surface area contributed by atoms with Crippen molar-refractivity contribution >= 4 is 67.7 Å². The summed E-state index contributed by atoms with van der Waals surface area (Å²) in [5.41, 5.74) is 1.72. The maximum atomic E-state index is 12.1. The van der Waals surface area contributed by atoms with Gasteiger partial charge in [-0.25, -0.2) is 4.99 Å². The zero-order chi connectivity index (χ0) is 16.4. The van der Waals surface area contributed by atoms with E-state index in [-0.39, 0.29) is 11.2 Å². The molecule has 118 valence electrons. The van der Waals surface area contributed by atoms with Gasteiger partial charge in [0.25, 0.3) is 0 Å². The lowest BCUT2D eigenvalue weighted by atomic mass is 10.1. The fourth-order valence-corrected chi connectivity index (χ4v) is 4.03. The first kappa shape index (κ1) is 16.8. The van der Waals surface area contributed by atoms with Gasteiger partial charge in [-0.05, 0) is 54.4 Å². The summed E-state index contributed by atoms with van der Waals surface area (Å²) < 4.78 is 0.986. The number of nitrogens with zero attached hydrogens (tertiary/aromatic N) is 1. The third kappa shape index (κ3) is 4.51. The SMILES string of the molecule is O=C1NC(=Nc2ccc(Br)cc2)SC1Cc1cc(Cl)cc(Cl)c1. The zero-order valence-electron chi connectivity index (χ0n) is 11.7. The van der Waals surface area contributed by atoms with Crippen LogP contribution in [0.15, 0.2) is 51.9 Å². The van der Waals surface area contributed by atoms with Crippen LogP contribution in [0.25, 0.3) is 0 Å². The number of aliphatic imine (C=N–C) groups is 1. The molecule has 0 radical (unpaired) electrons. The van der Waals surface area contributed by atoms with E-state index < -0.39 is 0 Å². The number of rotatable bonds is 3. The molecule has 1 amide bonds. The fourth-order valence-electron chi connectivity index (χ4n) is 2.17. The molecule has 2 aromatic rings. The van der Waals surface area contributed by atoms with Gasteiger partial charge in [-0.15, -0.1) is 0 Å². The first-order chi connectivity index (χ1) is 11.0. The molecule has 23 heavy (non-hydrogen) atoms. The summed E-state index contributed by atoms with van der Waals surface area (Å²) in [7, 11) is 0. The third-order valence-corrected chi connectivity index (χ3v) is 5.22. The Labute approximate surface area is 156 Å². The smallest absolute Gasteiger partial charge is 0.239 e. The Balaban J connectivity index is 1.73. The van der Waals surface area contributed by atoms with E-state index in [1.807, 2.05) is 36.4 Å². The van der Waals surface area contributed by atoms with Gasteiger partial charge >= 0.3 is 0 Å². The minimum absolute atomic E-state index is 0.0537. The van der Waals surface area contributed by atoms with Gasteiger partial charge in [0.15, 0.2) is 5.17 Å². The Morgan fingerprint density at radius 3 is 2.43 bits per heavy atom. The molecule has 0 saturated carbocycles. The quantitative estimate of drug-likeness (QED) is 0.726. The van der Waals surface area contributed by atoms with Crippen molar-refractivity contribution in [1.29, 1.82) is 0 Å². The number of amides is 1. The number of halogens is 3. The number of hydrogen-bond acceptors (Lipinski definition) is 3. The summed E-state index contributed by atoms with van der Waals surface area (Å²) in [4.78, 5) is 16.6. The van der Waals surface area contributed by atoms with Crippen molar-refractivity contribution in [3.63, 3.8) is 0 Å². The van der Waals surface area contributed by atoms with Crippen LogP contribution in [-0.4, -0.2) is 16.3 Å². The summed E-state index contributed by atoms with van der Waals surface area (Å²) in [6.07, 6.45) is 0.552. The fraction of sp³-hybridized carbons (Fsp3) is 0.125. The van der Waals surface area contributed by atoms with Crippen molar-refractivity contribution in [3.05, 3.63) is 62.5 Å². The number of amidine groups is 1. The van der Waals surface area contributed by atoms with E-state index in [2.05, 4.69) is 26.2 Å². The molecule has 7 heteroatoms. The lowest BCUT2D eigenvalue weighted by Gasteiger charge is -2.06. The monoisotopic (exact) mass is 428 g/mol. The zero-order valence-corrected chi connectivity index (χ0v) is 15.6. The molecular formula is C16H11BrCl2N2OS. The predicted molar refractivity (Wildman–Crippen MR) is 101 cm³/mol. The number of thioether (sulfide) groups is 1. The van der Waals surface area contributed by atoms with Crippen LogP contribution in [0.2, 0.25) is 10.0 Å². The summed E-state index contributed by atoms with van der Waals surface area (Å²) in [5.74, 6) is -0.0537. The van der Waals surface area contributed by atoms with Gasteiger partial charge in [-0.1, -0.05) is 50.9 Å². The average molecular weight is 430 g/mol. The number of carbonyl (C=O) groups is 1. The molecule has 1 heterocycles. The number of nitrogens with one attached hydrogen (secondary N) is 1. The highest BCUT2D eigenvalue weighted by Crippen LogP contribution is 2.28. The molecule has 1 atom stereocenters. The van der Waals surface area contributed by atoms with E-state index in [0.717, 1.165) is 15.7 Å². The predicted octanol–water partition coefficient (Wildman–Crippen LogP) is 5.22. The van der Waals surface area contributed by atoms with Crippen molar-refractivity contribution < 1.29 is 4.79 Å². The van der Waals surface area contributed by atoms with Gasteiger partial charge < -0.3 is 5.32 Å². The Kier molecular flexibility index (Phi) is 5.31. The first-order valence-corrected chi connectivity index (χ1v) is 9.19. The molecule has 1 aliphatic rings. The highest BCUT2D eigenvalue weighted by Gasteiger charge is 2.30. The van der Waals surface area contributed by atoms with E-state index in [1.165, 1.54) is 11.8 Å². The molecule has 1 N–H and O–H groups in total. The van der Waals surface area contributed by atoms with Crippen LogP contribution < -0.4 is 5.32 Å². The second-order valence-corrected chi connectivity index (χ2v) is 7.95. The first-order valence-electron chi connectivity index (χ1n) is 6.76. The van der Waals surface area contributed by atoms with Crippen LogP contribution in [0.1, 0.15) is 5.56 Å². The Hall–Kier alpha value is -1.01. The van der Waals surface area contributed by atoms with Gasteiger partial charge in [-0.2, -0.15) is 0 Å². The molecule has 1 aliphatic heterocycles. The highest BCUT2D eigenvalue weighted by molar-refractivity contribution is 9.10. The molecule has 0 spiro atoms. The molecule has 1 unspecified atom stereocenters. The van der Waals surface area contributed by atoms with Gasteiger partial charge in [0.05, 0.1) is 10.9 Å². The lowest BCUT2D eigenvalue weighted by molar-refractivity contribution is -0.118. The number of carbonyl (C=O) groups excluding carboxylic acids is 1. The largest absolute Gasteiger partial charge is 0.304 e. The van der Waals surface area contributed by atoms with Crippen LogP contribution in [0, 0.1) is 0 Å². The third-order valence-electron chi connectivity index (χ3n) is 3.18. The minimum Gasteiger partial charge on any atom is -0.304 e. The van der Waals surface area contributed by atoms with E-state index in [1.54, 1.807) is 6.07 Å². The molecule has 3 rings (SSSR count). The molecule has 2 aromatic carbocycles. The van der Waals surface area contributed by atoms with Gasteiger partial charge in [0.2, 0.25) is 5.91 Å². The average Bonchev–Trinajstić information content (AvgIpc) is 2.80. The molecule has 0 aromatic heterocycles. The van der Waals surface area contributed by atoms with E-state index in [4.69, 9.17) is 23.2 Å². The molecule has 0 bridgehead atoms. The summed E-state index contributed by atoms with van der Waals surface area (Å²) in [6, 6.07) is 12.9. The summed E-state index contributed by atoms with van der Waals surface area (Å²) >= 11 is 16.8. The van der Waals surface area contributed by atoms with Gasteiger partial charge in [0, 0.05) is 14.5 Å². The molecule has 3 nitrogen and oxygen atoms in total. The Morgan fingerprint density at radius 1 is 1.13 bits per heavy atom. The normalized spacial score (nSPS) is 19.2. The Morgan fingerprint density at radius 2 is 1.78 bits per heavy atom. The Bertz CT molecular complexity index is 760. The van der Waals surface area contributed by atoms with Crippen LogP contribution in [-0.2, 0) is 11.2 Å². The van der Waals surface area contributed by atoms with Crippen LogP contribution in [0.4, 0.5) is 5.69 Å². The summed E-state index contributed by atoms with van der Waals surface area (Å²) in [6.45, 7) is 0. The van der Waals surface area contributed by atoms with E-state index in [0.29, 0.717) is 21.6 Å². The van der Waals surface area contributed by atoms with Crippen molar-refractivity contribution in [1.82, 2.24) is 5.32 Å². The second kappa shape index (κ2) is 7.26. The molecule has 1 saturated heterocycles. The van der Waals surface area contributed by atoms with Crippen molar-refractivity contribution in [3.8, 4) is 0 Å². The topological polar surface area (TPSA) is 41.5 Å². The maximum Gasteiger partial charge on any atom is 0.239 e. The van der Waals surface area contributed by atoms with Crippen molar-refractivity contribution in [2.24, 2.45) is 4.99 Å². The van der Waals surface area contributed by atoms with E-state index in [9.17, 15) is 4.79 Å². The molecular weight excluding hydrogens is 419 g/mol. The standard InChI is InChI=1S/C16H11BrCl2N2OS/c17-10-1-3-13(4-2-10)20-16-21-15(22)14(23-16)7-9-5-11(18)8-12(19)6-9/h1-6,8,14H,7H2,(H,20,21,22). The van der Waals surface area contributed by atoms with Crippen molar-refractivity contribution in [2.45, 2.75) is 11.7 Å². The van der Waals surface area contributed by atoms with Gasteiger partial charge in [-0.3, -0.25) is 4.79 Å². The maximum absolute atomic E-state index is 12.1. The number of hydrogen-bond donors (Lipinski definition) is 1. The van der Waals surface area contributed by atoms with Crippen molar-refractivity contribution in [2.75, 3.05) is 0 Å². The minimum atomic E-state index is -0.237. The van der Waals surface area contributed by atoms with Gasteiger partial charge in [0.1, 0.15) is 0 Å².